The molecule has 3 rings (SSSR count). The lowest BCUT2D eigenvalue weighted by Gasteiger charge is -2.32. The Morgan fingerprint density at radius 2 is 1.75 bits per heavy atom. The zero-order valence-electron chi connectivity index (χ0n) is 14.4. The Balaban J connectivity index is 1.86. The summed E-state index contributed by atoms with van der Waals surface area (Å²) in [5.74, 6) is 0. The minimum absolute atomic E-state index is 0.0371. The maximum Gasteiger partial charge on any atom is 0.319 e. The molecule has 0 unspecified atom stereocenters. The molecule has 0 spiro atoms. The number of hydrogen-bond donors (Lipinski definition) is 0. The normalized spacial score (nSPS) is 19.0. The lowest BCUT2D eigenvalue weighted by atomic mass is 10.0. The molecule has 132 valence electrons. The third-order valence-corrected chi connectivity index (χ3v) is 6.69. The topological polar surface area (TPSA) is 60.9 Å². The number of amides is 2. The third-order valence-electron chi connectivity index (χ3n) is 4.80. The monoisotopic (exact) mass is 351 g/mol. The van der Waals surface area contributed by atoms with E-state index in [9.17, 15) is 13.2 Å². The molecule has 1 fully saturated rings. The fourth-order valence-electron chi connectivity index (χ4n) is 3.39. The second-order valence-electron chi connectivity index (χ2n) is 6.74. The maximum absolute atomic E-state index is 12.8. The molecule has 2 heterocycles. The molecule has 24 heavy (non-hydrogen) atoms. The van der Waals surface area contributed by atoms with Gasteiger partial charge in [0.2, 0.25) is 10.0 Å². The fraction of sp³-hybridized carbons (Fsp3) is 0.588. The van der Waals surface area contributed by atoms with Crippen LogP contribution in [0.1, 0.15) is 30.4 Å². The molecule has 2 amide bonds. The number of carbonyl (C=O) groups excluding carboxylic acids is 1. The molecule has 1 saturated heterocycles. The standard InChI is InChI=1S/C17H25N3O3S/c1-18(2)17(21)19-11-8-14-6-7-16(12-15(14)13-19)24(22,23)20-9-4-3-5-10-20/h6-7,12H,3-5,8-11,13H2,1-2H3. The van der Waals surface area contributed by atoms with Crippen LogP contribution in [0.25, 0.3) is 0 Å². The summed E-state index contributed by atoms with van der Waals surface area (Å²) in [6, 6.07) is 5.34. The van der Waals surface area contributed by atoms with E-state index < -0.39 is 10.0 Å². The van der Waals surface area contributed by atoms with E-state index in [1.807, 2.05) is 6.07 Å². The van der Waals surface area contributed by atoms with Crippen molar-refractivity contribution in [1.82, 2.24) is 14.1 Å². The van der Waals surface area contributed by atoms with Gasteiger partial charge >= 0.3 is 6.03 Å². The molecule has 0 aromatic heterocycles. The maximum atomic E-state index is 12.8. The highest BCUT2D eigenvalue weighted by Gasteiger charge is 2.28. The molecule has 2 aliphatic rings. The molecule has 2 aliphatic heterocycles. The number of urea groups is 1. The molecule has 0 radical (unpaired) electrons. The molecular formula is C17H25N3O3S. The number of piperidine rings is 1. The van der Waals surface area contributed by atoms with Crippen LogP contribution >= 0.6 is 0 Å². The first kappa shape index (κ1) is 17.2. The van der Waals surface area contributed by atoms with Crippen LogP contribution < -0.4 is 0 Å². The summed E-state index contributed by atoms with van der Waals surface area (Å²) in [7, 11) is 0.0324. The number of rotatable bonds is 2. The summed E-state index contributed by atoms with van der Waals surface area (Å²) < 4.78 is 27.3. The molecule has 6 nitrogen and oxygen atoms in total. The Morgan fingerprint density at radius 3 is 2.42 bits per heavy atom. The van der Waals surface area contributed by atoms with E-state index in [1.54, 1.807) is 40.3 Å². The van der Waals surface area contributed by atoms with Crippen molar-refractivity contribution in [3.05, 3.63) is 29.3 Å². The summed E-state index contributed by atoms with van der Waals surface area (Å²) in [4.78, 5) is 15.8. The summed E-state index contributed by atoms with van der Waals surface area (Å²) in [6.45, 7) is 2.34. The van der Waals surface area contributed by atoms with E-state index in [1.165, 1.54) is 0 Å². The SMILES string of the molecule is CN(C)C(=O)N1CCc2ccc(S(=O)(=O)N3CCCCC3)cc2C1. The lowest BCUT2D eigenvalue weighted by Crippen LogP contribution is -2.42. The fourth-order valence-corrected chi connectivity index (χ4v) is 4.96. The van der Waals surface area contributed by atoms with E-state index in [0.717, 1.165) is 36.8 Å². The number of fused-ring (bicyclic) bond motifs is 1. The first-order valence-electron chi connectivity index (χ1n) is 8.48. The molecule has 0 bridgehead atoms. The number of carbonyl (C=O) groups is 1. The van der Waals surface area contributed by atoms with E-state index >= 15 is 0 Å². The predicted molar refractivity (Wildman–Crippen MR) is 92.2 cm³/mol. The summed E-state index contributed by atoms with van der Waals surface area (Å²) in [5.41, 5.74) is 2.07. The highest BCUT2D eigenvalue weighted by molar-refractivity contribution is 7.89. The first-order valence-corrected chi connectivity index (χ1v) is 9.92. The van der Waals surface area contributed by atoms with Crippen LogP contribution in [0.3, 0.4) is 0 Å². The van der Waals surface area contributed by atoms with Gasteiger partial charge in [0.15, 0.2) is 0 Å². The van der Waals surface area contributed by atoms with Crippen LogP contribution in [0.15, 0.2) is 23.1 Å². The van der Waals surface area contributed by atoms with Gasteiger partial charge in [0.1, 0.15) is 0 Å². The number of benzene rings is 1. The van der Waals surface area contributed by atoms with Crippen LogP contribution in [0, 0.1) is 0 Å². The number of sulfonamides is 1. The zero-order valence-corrected chi connectivity index (χ0v) is 15.2. The van der Waals surface area contributed by atoms with Gasteiger partial charge in [0.25, 0.3) is 0 Å². The summed E-state index contributed by atoms with van der Waals surface area (Å²) in [5, 5.41) is 0. The Kier molecular flexibility index (Phi) is 4.83. The van der Waals surface area contributed by atoms with Gasteiger partial charge in [-0.3, -0.25) is 0 Å². The Hall–Kier alpha value is -1.60. The molecule has 0 saturated carbocycles. The van der Waals surface area contributed by atoms with Crippen molar-refractivity contribution < 1.29 is 13.2 Å². The van der Waals surface area contributed by atoms with E-state index in [0.29, 0.717) is 31.1 Å². The highest BCUT2D eigenvalue weighted by Crippen LogP contribution is 2.26. The van der Waals surface area contributed by atoms with Gasteiger partial charge in [-0.25, -0.2) is 13.2 Å². The number of nitrogens with zero attached hydrogens (tertiary/aromatic N) is 3. The Bertz CT molecular complexity index is 725. The highest BCUT2D eigenvalue weighted by atomic mass is 32.2. The van der Waals surface area contributed by atoms with Crippen LogP contribution in [0.5, 0.6) is 0 Å². The van der Waals surface area contributed by atoms with Gasteiger partial charge in [-0.1, -0.05) is 12.5 Å². The average molecular weight is 351 g/mol. The first-order chi connectivity index (χ1) is 11.4. The molecular weight excluding hydrogens is 326 g/mol. The Morgan fingerprint density at radius 1 is 1.04 bits per heavy atom. The smallest absolute Gasteiger partial charge is 0.319 e. The van der Waals surface area contributed by atoms with E-state index in [2.05, 4.69) is 0 Å². The third kappa shape index (κ3) is 3.28. The zero-order chi connectivity index (χ0) is 17.3. The van der Waals surface area contributed by atoms with Gasteiger partial charge in [-0.15, -0.1) is 0 Å². The minimum Gasteiger partial charge on any atom is -0.331 e. The minimum atomic E-state index is -3.43. The molecule has 0 N–H and O–H groups in total. The second kappa shape index (κ2) is 6.72. The van der Waals surface area contributed by atoms with Crippen molar-refractivity contribution in [2.75, 3.05) is 33.7 Å². The van der Waals surface area contributed by atoms with Gasteiger partial charge in [-0.05, 0) is 42.5 Å². The second-order valence-corrected chi connectivity index (χ2v) is 8.68. The lowest BCUT2D eigenvalue weighted by molar-refractivity contribution is 0.165. The van der Waals surface area contributed by atoms with Crippen LogP contribution in [-0.4, -0.2) is 62.3 Å². The molecule has 0 atom stereocenters. The van der Waals surface area contributed by atoms with Crippen molar-refractivity contribution in [2.24, 2.45) is 0 Å². The average Bonchev–Trinajstić information content (AvgIpc) is 2.60. The van der Waals surface area contributed by atoms with Gasteiger partial charge in [-0.2, -0.15) is 4.31 Å². The molecule has 1 aromatic rings. The van der Waals surface area contributed by atoms with Gasteiger partial charge in [0.05, 0.1) is 4.90 Å². The molecule has 1 aromatic carbocycles. The summed E-state index contributed by atoms with van der Waals surface area (Å²) in [6.07, 6.45) is 3.71. The van der Waals surface area contributed by atoms with Crippen LogP contribution in [0.4, 0.5) is 4.79 Å². The van der Waals surface area contributed by atoms with Crippen LogP contribution in [0.2, 0.25) is 0 Å². The van der Waals surface area contributed by atoms with Crippen molar-refractivity contribution in [3.63, 3.8) is 0 Å². The van der Waals surface area contributed by atoms with Crippen LogP contribution in [-0.2, 0) is 23.0 Å². The van der Waals surface area contributed by atoms with Crippen molar-refractivity contribution in [3.8, 4) is 0 Å². The molecule has 0 aliphatic carbocycles. The Labute approximate surface area is 144 Å². The van der Waals surface area contributed by atoms with E-state index in [4.69, 9.17) is 0 Å². The van der Waals surface area contributed by atoms with Crippen molar-refractivity contribution in [1.29, 1.82) is 0 Å². The van der Waals surface area contributed by atoms with Gasteiger partial charge in [0, 0.05) is 40.3 Å². The van der Waals surface area contributed by atoms with Gasteiger partial charge < -0.3 is 9.80 Å². The molecule has 7 heteroatoms. The van der Waals surface area contributed by atoms with Crippen molar-refractivity contribution >= 4 is 16.1 Å². The van der Waals surface area contributed by atoms with Crippen molar-refractivity contribution in [2.45, 2.75) is 37.1 Å². The quantitative estimate of drug-likeness (QED) is 0.818. The predicted octanol–water partition coefficient (Wildman–Crippen LogP) is 1.90. The van der Waals surface area contributed by atoms with E-state index in [-0.39, 0.29) is 6.03 Å². The number of hydrogen-bond acceptors (Lipinski definition) is 3. The summed E-state index contributed by atoms with van der Waals surface area (Å²) >= 11 is 0. The largest absolute Gasteiger partial charge is 0.331 e.